The molecule has 5 atom stereocenters. The van der Waals surface area contributed by atoms with Crippen LogP contribution in [0.25, 0.3) is 0 Å². The SMILES string of the molecule is C[C@H]1CC/C=C/C(C)(C)[C@@H]2CC3CC32CN2C[C@@]3(CCCc4cc(Cl)ccc43)COc3ccc(cc32)C(=O)NS1(=O)=O. The van der Waals surface area contributed by atoms with E-state index >= 15 is 0 Å². The molecule has 7 rings (SSSR count). The first kappa shape index (κ1) is 28.3. The highest BCUT2D eigenvalue weighted by atomic mass is 35.5. The van der Waals surface area contributed by atoms with Crippen LogP contribution in [0.3, 0.4) is 0 Å². The number of benzene rings is 2. The van der Waals surface area contributed by atoms with Crippen molar-refractivity contribution < 1.29 is 17.9 Å². The van der Waals surface area contributed by atoms with Crippen LogP contribution < -0.4 is 14.4 Å². The van der Waals surface area contributed by atoms with Gasteiger partial charge in [-0.3, -0.25) is 4.79 Å². The molecule has 2 bridgehead atoms. The van der Waals surface area contributed by atoms with Crippen LogP contribution in [0, 0.1) is 22.7 Å². The van der Waals surface area contributed by atoms with E-state index in [4.69, 9.17) is 16.3 Å². The molecule has 8 heteroatoms. The number of nitrogens with one attached hydrogen (secondary N) is 1. The minimum atomic E-state index is -3.82. The lowest BCUT2D eigenvalue weighted by molar-refractivity contribution is 0.0646. The van der Waals surface area contributed by atoms with Gasteiger partial charge >= 0.3 is 0 Å². The molecule has 1 amide bonds. The molecule has 2 spiro atoms. The summed E-state index contributed by atoms with van der Waals surface area (Å²) in [7, 11) is -3.82. The molecule has 2 aromatic rings. The molecule has 1 N–H and O–H groups in total. The number of hydrogen-bond acceptors (Lipinski definition) is 5. The number of allylic oxidation sites excluding steroid dienone is 2. The van der Waals surface area contributed by atoms with E-state index in [1.165, 1.54) is 24.0 Å². The van der Waals surface area contributed by atoms with Crippen molar-refractivity contribution in [1.82, 2.24) is 4.72 Å². The number of halogens is 1. The zero-order valence-electron chi connectivity index (χ0n) is 24.8. The van der Waals surface area contributed by atoms with Gasteiger partial charge in [-0.1, -0.05) is 43.7 Å². The number of carbonyl (C=O) groups is 1. The Balaban J connectivity index is 1.34. The van der Waals surface area contributed by atoms with E-state index in [2.05, 4.69) is 47.8 Å². The number of amides is 1. The van der Waals surface area contributed by atoms with Crippen molar-refractivity contribution in [3.05, 3.63) is 70.3 Å². The Kier molecular flexibility index (Phi) is 6.56. The van der Waals surface area contributed by atoms with Crippen molar-refractivity contribution in [1.29, 1.82) is 0 Å². The van der Waals surface area contributed by atoms with Crippen molar-refractivity contribution in [3.8, 4) is 5.75 Å². The van der Waals surface area contributed by atoms with Crippen LogP contribution in [-0.2, 0) is 21.9 Å². The molecule has 5 aliphatic rings. The van der Waals surface area contributed by atoms with Crippen LogP contribution in [0.4, 0.5) is 5.69 Å². The fraction of sp³-hybridized carbons (Fsp3) is 0.559. The maximum atomic E-state index is 13.3. The second-order valence-corrected chi connectivity index (χ2v) is 16.8. The van der Waals surface area contributed by atoms with E-state index in [0.717, 1.165) is 54.7 Å². The molecule has 3 aliphatic carbocycles. The normalized spacial score (nSPS) is 35.3. The van der Waals surface area contributed by atoms with Crippen LogP contribution in [0.2, 0.25) is 5.02 Å². The molecule has 2 fully saturated rings. The lowest BCUT2D eigenvalue weighted by atomic mass is 9.59. The summed E-state index contributed by atoms with van der Waals surface area (Å²) in [4.78, 5) is 15.8. The van der Waals surface area contributed by atoms with Crippen molar-refractivity contribution in [2.45, 2.75) is 76.4 Å². The fourth-order valence-corrected chi connectivity index (χ4v) is 9.94. The molecule has 224 valence electrons. The molecule has 2 heterocycles. The number of carbonyl (C=O) groups excluding carboxylic acids is 1. The zero-order valence-corrected chi connectivity index (χ0v) is 26.4. The third-order valence-electron chi connectivity index (χ3n) is 11.2. The van der Waals surface area contributed by atoms with E-state index < -0.39 is 21.2 Å². The lowest BCUT2D eigenvalue weighted by Crippen LogP contribution is -2.51. The Bertz CT molecular complexity index is 1590. The monoisotopic (exact) mass is 608 g/mol. The van der Waals surface area contributed by atoms with Gasteiger partial charge in [0.2, 0.25) is 10.0 Å². The van der Waals surface area contributed by atoms with Gasteiger partial charge in [0.05, 0.1) is 17.5 Å². The Morgan fingerprint density at radius 2 is 1.95 bits per heavy atom. The molecule has 2 saturated carbocycles. The molecule has 2 unspecified atom stereocenters. The topological polar surface area (TPSA) is 75.7 Å². The first-order chi connectivity index (χ1) is 19.9. The van der Waals surface area contributed by atoms with Gasteiger partial charge in [0.15, 0.2) is 0 Å². The first-order valence-electron chi connectivity index (χ1n) is 15.5. The summed E-state index contributed by atoms with van der Waals surface area (Å²) in [5.41, 5.74) is 3.89. The Labute approximate surface area is 254 Å². The second-order valence-electron chi connectivity index (χ2n) is 14.3. The van der Waals surface area contributed by atoms with Gasteiger partial charge < -0.3 is 9.64 Å². The fourth-order valence-electron chi connectivity index (χ4n) is 8.72. The van der Waals surface area contributed by atoms with E-state index in [-0.39, 0.29) is 16.2 Å². The van der Waals surface area contributed by atoms with Crippen molar-refractivity contribution >= 4 is 33.2 Å². The third-order valence-corrected chi connectivity index (χ3v) is 13.2. The number of rotatable bonds is 0. The predicted molar refractivity (Wildman–Crippen MR) is 167 cm³/mol. The third kappa shape index (κ3) is 4.57. The predicted octanol–water partition coefficient (Wildman–Crippen LogP) is 6.66. The number of hydrogen-bond donors (Lipinski definition) is 1. The molecular weight excluding hydrogens is 568 g/mol. The van der Waals surface area contributed by atoms with Crippen LogP contribution in [0.5, 0.6) is 5.75 Å². The Morgan fingerprint density at radius 3 is 2.74 bits per heavy atom. The average Bonchev–Trinajstić information content (AvgIpc) is 3.53. The van der Waals surface area contributed by atoms with Crippen LogP contribution in [-0.4, -0.2) is 39.3 Å². The number of sulfonamides is 1. The highest BCUT2D eigenvalue weighted by Gasteiger charge is 2.70. The maximum Gasteiger partial charge on any atom is 0.264 e. The summed E-state index contributed by atoms with van der Waals surface area (Å²) < 4.78 is 35.1. The van der Waals surface area contributed by atoms with E-state index in [1.54, 1.807) is 13.0 Å². The molecular formula is C34H41ClN2O4S. The van der Waals surface area contributed by atoms with E-state index in [0.29, 0.717) is 30.9 Å². The molecule has 0 aromatic heterocycles. The van der Waals surface area contributed by atoms with Gasteiger partial charge in [-0.15, -0.1) is 0 Å². The quantitative estimate of drug-likeness (QED) is 0.338. The zero-order chi connectivity index (χ0) is 29.5. The van der Waals surface area contributed by atoms with Gasteiger partial charge in [0, 0.05) is 29.1 Å². The van der Waals surface area contributed by atoms with E-state index in [1.807, 2.05) is 18.2 Å². The number of fused-ring (bicyclic) bond motifs is 3. The molecule has 0 radical (unpaired) electrons. The van der Waals surface area contributed by atoms with Crippen molar-refractivity contribution in [3.63, 3.8) is 0 Å². The summed E-state index contributed by atoms with van der Waals surface area (Å²) in [5.74, 6) is 1.44. The number of nitrogens with zero attached hydrogens (tertiary/aromatic N) is 1. The highest BCUT2D eigenvalue weighted by Crippen LogP contribution is 2.75. The summed E-state index contributed by atoms with van der Waals surface area (Å²) >= 11 is 6.43. The van der Waals surface area contributed by atoms with Crippen LogP contribution >= 0.6 is 11.6 Å². The van der Waals surface area contributed by atoms with Gasteiger partial charge in [-0.05, 0) is 116 Å². The summed E-state index contributed by atoms with van der Waals surface area (Å²) in [6.45, 7) is 8.60. The molecule has 6 nitrogen and oxygen atoms in total. The standard InChI is InChI=1S/C34H41ClN2O4S/c1-22-7-4-5-13-32(2,3)30-17-25-18-34(25,30)20-37-19-33(14-6-8-23-15-26(35)10-11-27(23)33)21-41-29-12-9-24(16-28(29)37)31(38)36-42(22,39)40/h5,9-13,15-16,22,25,30H,4,6-8,14,17-21H2,1-3H3,(H,36,38)/b13-5+/t22-,25?,30-,33-,34?/m0/s1. The van der Waals surface area contributed by atoms with Gasteiger partial charge in [0.1, 0.15) is 5.75 Å². The maximum absolute atomic E-state index is 13.3. The minimum absolute atomic E-state index is 0.0132. The summed E-state index contributed by atoms with van der Waals surface area (Å²) in [5, 5.41) is 0.0891. The number of anilines is 1. The molecule has 0 saturated heterocycles. The molecule has 42 heavy (non-hydrogen) atoms. The van der Waals surface area contributed by atoms with Crippen LogP contribution in [0.1, 0.15) is 80.8 Å². The molecule has 2 aromatic carbocycles. The van der Waals surface area contributed by atoms with Crippen LogP contribution in [0.15, 0.2) is 48.6 Å². The van der Waals surface area contributed by atoms with Crippen molar-refractivity contribution in [2.75, 3.05) is 24.6 Å². The van der Waals surface area contributed by atoms with Crippen molar-refractivity contribution in [2.24, 2.45) is 22.7 Å². The van der Waals surface area contributed by atoms with E-state index in [9.17, 15) is 13.2 Å². The Morgan fingerprint density at radius 1 is 1.12 bits per heavy atom. The first-order valence-corrected chi connectivity index (χ1v) is 17.4. The minimum Gasteiger partial charge on any atom is -0.490 e. The lowest BCUT2D eigenvalue weighted by Gasteiger charge is -2.49. The summed E-state index contributed by atoms with van der Waals surface area (Å²) in [6, 6.07) is 11.7. The van der Waals surface area contributed by atoms with Gasteiger partial charge in [-0.2, -0.15) is 0 Å². The highest BCUT2D eigenvalue weighted by molar-refractivity contribution is 7.90. The largest absolute Gasteiger partial charge is 0.490 e. The second kappa shape index (κ2) is 9.75. The molecule has 2 aliphatic heterocycles. The Hall–Kier alpha value is -2.51. The van der Waals surface area contributed by atoms with Gasteiger partial charge in [0.25, 0.3) is 5.91 Å². The number of ether oxygens (including phenoxy) is 1. The smallest absolute Gasteiger partial charge is 0.264 e. The summed E-state index contributed by atoms with van der Waals surface area (Å²) in [6.07, 6.45) is 11.2. The van der Waals surface area contributed by atoms with Gasteiger partial charge in [-0.25, -0.2) is 13.1 Å². The average molecular weight is 609 g/mol. The number of aryl methyl sites for hydroxylation is 1.